The van der Waals surface area contributed by atoms with Crippen LogP contribution in [-0.2, 0) is 19.1 Å². The molecular weight excluding hydrogens is 396 g/mol. The molecule has 0 unspecified atom stereocenters. The van der Waals surface area contributed by atoms with E-state index < -0.39 is 12.1 Å². The van der Waals surface area contributed by atoms with E-state index in [-0.39, 0.29) is 31.4 Å². The van der Waals surface area contributed by atoms with Crippen LogP contribution in [0, 0.1) is 0 Å². The molecule has 1 fully saturated rings. The van der Waals surface area contributed by atoms with E-state index in [1.165, 1.54) is 4.90 Å². The lowest BCUT2D eigenvalue weighted by atomic mass is 10.1. The quantitative estimate of drug-likeness (QED) is 0.669. The second-order valence-corrected chi connectivity index (χ2v) is 7.72. The summed E-state index contributed by atoms with van der Waals surface area (Å²) >= 11 is 0. The average Bonchev–Trinajstić information content (AvgIpc) is 2.82. The fraction of sp³-hybridized carbons (Fsp3) is 0.375. The van der Waals surface area contributed by atoms with Crippen LogP contribution < -0.4 is 9.64 Å². The zero-order valence-corrected chi connectivity index (χ0v) is 17.4. The number of ether oxygens (including phenoxy) is 2. The summed E-state index contributed by atoms with van der Waals surface area (Å²) < 4.78 is 11.1. The Morgan fingerprint density at radius 2 is 1.68 bits per heavy atom. The van der Waals surface area contributed by atoms with E-state index in [4.69, 9.17) is 9.47 Å². The Morgan fingerprint density at radius 3 is 2.45 bits per heavy atom. The minimum atomic E-state index is -0.973. The van der Waals surface area contributed by atoms with Crippen LogP contribution in [0.1, 0.15) is 37.4 Å². The Hall–Kier alpha value is -3.35. The molecule has 0 radical (unpaired) electrons. The minimum Gasteiger partial charge on any atom is -0.482 e. The standard InChI is InChI=1S/C24H26N2O5/c27-21-17-30-20-12-6-5-11-19(20)26(21)16-13-22(28)31-23(18-9-3-1-4-10-18)24(29)25-14-7-2-8-15-25/h1,3-6,9-12,23H,2,7-8,13-17H2/t23-/m1/s1. The van der Waals surface area contributed by atoms with E-state index in [1.54, 1.807) is 29.2 Å². The van der Waals surface area contributed by atoms with Crippen LogP contribution in [0.5, 0.6) is 5.75 Å². The first-order chi connectivity index (χ1) is 15.1. The smallest absolute Gasteiger partial charge is 0.308 e. The van der Waals surface area contributed by atoms with Crippen molar-refractivity contribution >= 4 is 23.5 Å². The summed E-state index contributed by atoms with van der Waals surface area (Å²) in [4.78, 5) is 41.5. The van der Waals surface area contributed by atoms with E-state index >= 15 is 0 Å². The molecule has 31 heavy (non-hydrogen) atoms. The van der Waals surface area contributed by atoms with Gasteiger partial charge in [-0.2, -0.15) is 0 Å². The first kappa shape index (κ1) is 20.9. The maximum absolute atomic E-state index is 13.1. The number of fused-ring (bicyclic) bond motifs is 1. The highest BCUT2D eigenvalue weighted by Crippen LogP contribution is 2.31. The number of para-hydroxylation sites is 2. The summed E-state index contributed by atoms with van der Waals surface area (Å²) in [6, 6.07) is 16.3. The Balaban J connectivity index is 1.44. The molecule has 0 saturated carbocycles. The Morgan fingerprint density at radius 1 is 0.968 bits per heavy atom. The molecule has 0 N–H and O–H groups in total. The van der Waals surface area contributed by atoms with Crippen molar-refractivity contribution in [3.8, 4) is 5.75 Å². The van der Waals surface area contributed by atoms with Crippen LogP contribution in [-0.4, -0.2) is 48.9 Å². The van der Waals surface area contributed by atoms with Gasteiger partial charge in [0, 0.05) is 25.2 Å². The average molecular weight is 422 g/mol. The summed E-state index contributed by atoms with van der Waals surface area (Å²) in [5, 5.41) is 0. The van der Waals surface area contributed by atoms with Crippen LogP contribution in [0.2, 0.25) is 0 Å². The SMILES string of the molecule is O=C(CCN1C(=O)COc2ccccc21)O[C@@H](C(=O)N1CCCCC1)c1ccccc1. The molecule has 4 rings (SSSR count). The van der Waals surface area contributed by atoms with Crippen molar-refractivity contribution in [1.29, 1.82) is 0 Å². The number of likely N-dealkylation sites (tertiary alicyclic amines) is 1. The van der Waals surface area contributed by atoms with Gasteiger partial charge in [0.2, 0.25) is 6.10 Å². The number of piperidine rings is 1. The molecule has 2 aromatic carbocycles. The zero-order valence-electron chi connectivity index (χ0n) is 17.4. The fourth-order valence-electron chi connectivity index (χ4n) is 3.96. The molecule has 2 amide bonds. The predicted octanol–water partition coefficient (Wildman–Crippen LogP) is 3.10. The first-order valence-electron chi connectivity index (χ1n) is 10.7. The number of rotatable bonds is 6. The number of hydrogen-bond donors (Lipinski definition) is 0. The van der Waals surface area contributed by atoms with Gasteiger partial charge in [-0.05, 0) is 31.4 Å². The molecule has 162 valence electrons. The van der Waals surface area contributed by atoms with E-state index in [0.29, 0.717) is 30.1 Å². The molecule has 2 aliphatic rings. The number of carbonyl (C=O) groups is 3. The van der Waals surface area contributed by atoms with Crippen molar-refractivity contribution in [1.82, 2.24) is 4.90 Å². The molecule has 1 atom stereocenters. The highest BCUT2D eigenvalue weighted by atomic mass is 16.5. The van der Waals surface area contributed by atoms with Gasteiger partial charge in [0.15, 0.2) is 6.61 Å². The molecule has 0 aliphatic carbocycles. The van der Waals surface area contributed by atoms with Crippen molar-refractivity contribution in [3.05, 3.63) is 60.2 Å². The number of amides is 2. The molecule has 0 aromatic heterocycles. The Bertz CT molecular complexity index is 940. The molecule has 0 spiro atoms. The van der Waals surface area contributed by atoms with Gasteiger partial charge in [0.05, 0.1) is 12.1 Å². The van der Waals surface area contributed by atoms with Crippen molar-refractivity contribution < 1.29 is 23.9 Å². The van der Waals surface area contributed by atoms with Gasteiger partial charge in [-0.1, -0.05) is 42.5 Å². The third-order valence-corrected chi connectivity index (χ3v) is 5.59. The van der Waals surface area contributed by atoms with Crippen LogP contribution in [0.25, 0.3) is 0 Å². The van der Waals surface area contributed by atoms with Crippen LogP contribution in [0.15, 0.2) is 54.6 Å². The van der Waals surface area contributed by atoms with Crippen LogP contribution in [0.4, 0.5) is 5.69 Å². The first-order valence-corrected chi connectivity index (χ1v) is 10.7. The molecule has 2 aromatic rings. The second-order valence-electron chi connectivity index (χ2n) is 7.72. The van der Waals surface area contributed by atoms with Crippen molar-refractivity contribution in [2.45, 2.75) is 31.8 Å². The molecule has 7 heteroatoms. The van der Waals surface area contributed by atoms with Crippen molar-refractivity contribution in [3.63, 3.8) is 0 Å². The normalized spacial score (nSPS) is 16.8. The van der Waals surface area contributed by atoms with E-state index in [9.17, 15) is 14.4 Å². The molecule has 0 bridgehead atoms. The molecule has 2 aliphatic heterocycles. The van der Waals surface area contributed by atoms with Gasteiger partial charge in [-0.3, -0.25) is 14.4 Å². The van der Waals surface area contributed by atoms with Crippen LogP contribution >= 0.6 is 0 Å². The molecule has 7 nitrogen and oxygen atoms in total. The minimum absolute atomic E-state index is 0.0172. The fourth-order valence-corrected chi connectivity index (χ4v) is 3.96. The monoisotopic (exact) mass is 422 g/mol. The lowest BCUT2D eigenvalue weighted by Crippen LogP contribution is -2.41. The highest BCUT2D eigenvalue weighted by molar-refractivity contribution is 5.98. The number of esters is 1. The molecule has 2 heterocycles. The van der Waals surface area contributed by atoms with Gasteiger partial charge >= 0.3 is 5.97 Å². The Kier molecular flexibility index (Phi) is 6.50. The maximum atomic E-state index is 13.1. The summed E-state index contributed by atoms with van der Waals surface area (Å²) in [6.45, 7) is 1.46. The van der Waals surface area contributed by atoms with Crippen LogP contribution in [0.3, 0.4) is 0 Å². The van der Waals surface area contributed by atoms with E-state index in [1.807, 2.05) is 30.3 Å². The van der Waals surface area contributed by atoms with Crippen molar-refractivity contribution in [2.75, 3.05) is 31.1 Å². The molecular formula is C24H26N2O5. The van der Waals surface area contributed by atoms with Gasteiger partial charge in [0.25, 0.3) is 11.8 Å². The molecule has 1 saturated heterocycles. The van der Waals surface area contributed by atoms with Gasteiger partial charge in [0.1, 0.15) is 5.75 Å². The number of benzene rings is 2. The number of nitrogens with zero attached hydrogens (tertiary/aromatic N) is 2. The summed E-state index contributed by atoms with van der Waals surface area (Å²) in [6.07, 6.45) is 2.03. The lowest BCUT2D eigenvalue weighted by molar-refractivity contribution is -0.161. The van der Waals surface area contributed by atoms with E-state index in [0.717, 1.165) is 19.3 Å². The largest absolute Gasteiger partial charge is 0.482 e. The van der Waals surface area contributed by atoms with Crippen molar-refractivity contribution in [2.24, 2.45) is 0 Å². The highest BCUT2D eigenvalue weighted by Gasteiger charge is 2.31. The summed E-state index contributed by atoms with van der Waals surface area (Å²) in [5.41, 5.74) is 1.29. The third kappa shape index (κ3) is 4.87. The summed E-state index contributed by atoms with van der Waals surface area (Å²) in [7, 11) is 0. The maximum Gasteiger partial charge on any atom is 0.308 e. The van der Waals surface area contributed by atoms with Gasteiger partial charge in [-0.15, -0.1) is 0 Å². The number of carbonyl (C=O) groups excluding carboxylic acids is 3. The number of anilines is 1. The van der Waals surface area contributed by atoms with Gasteiger partial charge < -0.3 is 19.3 Å². The third-order valence-electron chi connectivity index (χ3n) is 5.59. The topological polar surface area (TPSA) is 76.1 Å². The van der Waals surface area contributed by atoms with E-state index in [2.05, 4.69) is 0 Å². The van der Waals surface area contributed by atoms with Gasteiger partial charge in [-0.25, -0.2) is 0 Å². The predicted molar refractivity (Wildman–Crippen MR) is 115 cm³/mol. The lowest BCUT2D eigenvalue weighted by Gasteiger charge is -2.31. The zero-order chi connectivity index (χ0) is 21.6. The Labute approximate surface area is 181 Å². The number of hydrogen-bond acceptors (Lipinski definition) is 5. The summed E-state index contributed by atoms with van der Waals surface area (Å²) in [5.74, 6) is -0.309. The second kappa shape index (κ2) is 9.64.